The summed E-state index contributed by atoms with van der Waals surface area (Å²) < 4.78 is 7.42. The van der Waals surface area contributed by atoms with Crippen LogP contribution in [-0.4, -0.2) is 26.1 Å². The zero-order chi connectivity index (χ0) is 14.7. The Labute approximate surface area is 122 Å². The molecular weight excluding hydrogens is 266 g/mol. The van der Waals surface area contributed by atoms with Gasteiger partial charge in [0.1, 0.15) is 17.5 Å². The Morgan fingerprint density at radius 2 is 2.24 bits per heavy atom. The lowest BCUT2D eigenvalue weighted by atomic mass is 10.1. The maximum atomic E-state index is 10.5. The molecular formula is C16H17N3O2. The maximum absolute atomic E-state index is 10.5. The number of ether oxygens (including phenoxy) is 1. The van der Waals surface area contributed by atoms with E-state index in [1.54, 1.807) is 18.5 Å². The number of imidazole rings is 1. The first-order valence-electron chi connectivity index (χ1n) is 6.97. The Kier molecular flexibility index (Phi) is 3.83. The minimum atomic E-state index is -0.817. The highest BCUT2D eigenvalue weighted by Crippen LogP contribution is 2.24. The van der Waals surface area contributed by atoms with E-state index >= 15 is 0 Å². The second-order valence-electron chi connectivity index (χ2n) is 4.84. The lowest BCUT2D eigenvalue weighted by Gasteiger charge is -2.10. The zero-order valence-electron chi connectivity index (χ0n) is 11.8. The van der Waals surface area contributed by atoms with Crippen molar-refractivity contribution in [1.29, 1.82) is 0 Å². The molecule has 0 aliphatic rings. The number of aliphatic hydroxyl groups excluding tert-OH is 1. The largest absolute Gasteiger partial charge is 0.492 e. The van der Waals surface area contributed by atoms with Crippen LogP contribution in [-0.2, 0) is 0 Å². The number of hydrogen-bond donors (Lipinski definition) is 1. The molecule has 108 valence electrons. The van der Waals surface area contributed by atoms with Gasteiger partial charge in [-0.3, -0.25) is 4.98 Å². The van der Waals surface area contributed by atoms with Gasteiger partial charge in [0, 0.05) is 24.2 Å². The summed E-state index contributed by atoms with van der Waals surface area (Å²) in [4.78, 5) is 8.54. The van der Waals surface area contributed by atoms with Crippen LogP contribution < -0.4 is 4.74 Å². The first kappa shape index (κ1) is 13.6. The van der Waals surface area contributed by atoms with Crippen LogP contribution in [0.1, 0.15) is 30.7 Å². The molecule has 1 unspecified atom stereocenters. The van der Waals surface area contributed by atoms with Crippen molar-refractivity contribution in [2.45, 2.75) is 19.4 Å². The number of hydrogen-bond acceptors (Lipinski definition) is 4. The first-order valence-corrected chi connectivity index (χ1v) is 6.97. The molecule has 3 heterocycles. The van der Waals surface area contributed by atoms with Crippen LogP contribution in [0.5, 0.6) is 5.75 Å². The monoisotopic (exact) mass is 283 g/mol. The van der Waals surface area contributed by atoms with Crippen LogP contribution in [0.4, 0.5) is 0 Å². The zero-order valence-corrected chi connectivity index (χ0v) is 11.8. The van der Waals surface area contributed by atoms with Gasteiger partial charge in [0.2, 0.25) is 0 Å². The number of aromatic nitrogens is 3. The highest BCUT2D eigenvalue weighted by molar-refractivity contribution is 5.41. The van der Waals surface area contributed by atoms with Crippen molar-refractivity contribution in [1.82, 2.24) is 14.4 Å². The van der Waals surface area contributed by atoms with E-state index in [0.717, 1.165) is 12.1 Å². The molecule has 5 nitrogen and oxygen atoms in total. The van der Waals surface area contributed by atoms with Gasteiger partial charge in [0.25, 0.3) is 0 Å². The van der Waals surface area contributed by atoms with Crippen LogP contribution in [0.15, 0.2) is 49.1 Å². The summed E-state index contributed by atoms with van der Waals surface area (Å²) in [7, 11) is 0. The maximum Gasteiger partial charge on any atom is 0.137 e. The predicted octanol–water partition coefficient (Wildman–Crippen LogP) is 2.60. The van der Waals surface area contributed by atoms with Gasteiger partial charge in [-0.25, -0.2) is 4.98 Å². The van der Waals surface area contributed by atoms with Crippen LogP contribution in [0, 0.1) is 0 Å². The molecule has 0 saturated carbocycles. The Morgan fingerprint density at radius 3 is 3.05 bits per heavy atom. The fourth-order valence-corrected chi connectivity index (χ4v) is 2.14. The molecule has 0 bridgehead atoms. The first-order chi connectivity index (χ1) is 10.3. The molecule has 0 aromatic carbocycles. The Balaban J connectivity index is 1.88. The smallest absolute Gasteiger partial charge is 0.137 e. The van der Waals surface area contributed by atoms with Crippen LogP contribution in [0.3, 0.4) is 0 Å². The second kappa shape index (κ2) is 5.93. The summed E-state index contributed by atoms with van der Waals surface area (Å²) in [6.45, 7) is 2.68. The fraction of sp³-hybridized carbons (Fsp3) is 0.250. The molecule has 0 aliphatic carbocycles. The van der Waals surface area contributed by atoms with Crippen molar-refractivity contribution in [3.05, 3.63) is 60.3 Å². The van der Waals surface area contributed by atoms with Crippen molar-refractivity contribution in [2.24, 2.45) is 0 Å². The molecule has 0 aliphatic heterocycles. The Bertz CT molecular complexity index is 706. The number of fused-ring (bicyclic) bond motifs is 1. The quantitative estimate of drug-likeness (QED) is 0.782. The molecule has 0 spiro atoms. The lowest BCUT2D eigenvalue weighted by molar-refractivity contribution is 0.214. The lowest BCUT2D eigenvalue weighted by Crippen LogP contribution is -2.02. The van der Waals surface area contributed by atoms with Gasteiger partial charge in [-0.2, -0.15) is 0 Å². The van der Waals surface area contributed by atoms with Gasteiger partial charge in [0.15, 0.2) is 0 Å². The summed E-state index contributed by atoms with van der Waals surface area (Å²) in [5.41, 5.74) is 2.07. The highest BCUT2D eigenvalue weighted by Gasteiger charge is 2.15. The number of aliphatic hydroxyl groups is 1. The topological polar surface area (TPSA) is 59.7 Å². The summed E-state index contributed by atoms with van der Waals surface area (Å²) in [6, 6.07) is 7.54. The van der Waals surface area contributed by atoms with E-state index in [1.165, 1.54) is 0 Å². The molecule has 1 atom stereocenters. The van der Waals surface area contributed by atoms with Gasteiger partial charge in [-0.1, -0.05) is 13.0 Å². The third-order valence-corrected chi connectivity index (χ3v) is 3.19. The SMILES string of the molecule is CCCOc1cncc(C(O)c2cn3ccccc3n2)c1. The van der Waals surface area contributed by atoms with Crippen molar-refractivity contribution >= 4 is 5.65 Å². The van der Waals surface area contributed by atoms with E-state index in [-0.39, 0.29) is 0 Å². The molecule has 0 amide bonds. The molecule has 0 fully saturated rings. The molecule has 21 heavy (non-hydrogen) atoms. The number of rotatable bonds is 5. The molecule has 1 N–H and O–H groups in total. The van der Waals surface area contributed by atoms with E-state index in [1.807, 2.05) is 41.9 Å². The Morgan fingerprint density at radius 1 is 1.33 bits per heavy atom. The van der Waals surface area contributed by atoms with E-state index in [2.05, 4.69) is 9.97 Å². The van der Waals surface area contributed by atoms with Crippen LogP contribution >= 0.6 is 0 Å². The van der Waals surface area contributed by atoms with Gasteiger partial charge in [-0.15, -0.1) is 0 Å². The summed E-state index contributed by atoms with van der Waals surface area (Å²) in [6.07, 6.45) is 7.11. The van der Waals surface area contributed by atoms with E-state index in [4.69, 9.17) is 4.74 Å². The highest BCUT2D eigenvalue weighted by atomic mass is 16.5. The predicted molar refractivity (Wildman–Crippen MR) is 79.3 cm³/mol. The van der Waals surface area contributed by atoms with Crippen LogP contribution in [0.25, 0.3) is 5.65 Å². The third-order valence-electron chi connectivity index (χ3n) is 3.19. The number of nitrogens with zero attached hydrogens (tertiary/aromatic N) is 3. The summed E-state index contributed by atoms with van der Waals surface area (Å²) in [5, 5.41) is 10.5. The fourth-order valence-electron chi connectivity index (χ4n) is 2.14. The average Bonchev–Trinajstić information content (AvgIpc) is 2.96. The van der Waals surface area contributed by atoms with Gasteiger partial charge < -0.3 is 14.2 Å². The minimum Gasteiger partial charge on any atom is -0.492 e. The van der Waals surface area contributed by atoms with Gasteiger partial charge in [-0.05, 0) is 24.6 Å². The molecule has 5 heteroatoms. The summed E-state index contributed by atoms with van der Waals surface area (Å²) in [5.74, 6) is 0.664. The minimum absolute atomic E-state index is 0.593. The number of pyridine rings is 2. The molecule has 3 aromatic heterocycles. The Hall–Kier alpha value is -2.40. The van der Waals surface area contributed by atoms with Gasteiger partial charge >= 0.3 is 0 Å². The third kappa shape index (κ3) is 2.87. The van der Waals surface area contributed by atoms with Crippen molar-refractivity contribution in [3.63, 3.8) is 0 Å². The van der Waals surface area contributed by atoms with Crippen molar-refractivity contribution in [2.75, 3.05) is 6.61 Å². The van der Waals surface area contributed by atoms with E-state index < -0.39 is 6.10 Å². The van der Waals surface area contributed by atoms with Crippen molar-refractivity contribution in [3.8, 4) is 5.75 Å². The summed E-state index contributed by atoms with van der Waals surface area (Å²) >= 11 is 0. The van der Waals surface area contributed by atoms with E-state index in [0.29, 0.717) is 23.6 Å². The van der Waals surface area contributed by atoms with Crippen LogP contribution in [0.2, 0.25) is 0 Å². The normalized spacial score (nSPS) is 12.5. The van der Waals surface area contributed by atoms with Crippen molar-refractivity contribution < 1.29 is 9.84 Å². The van der Waals surface area contributed by atoms with Gasteiger partial charge in [0.05, 0.1) is 18.5 Å². The van der Waals surface area contributed by atoms with E-state index in [9.17, 15) is 5.11 Å². The molecule has 3 rings (SSSR count). The second-order valence-corrected chi connectivity index (χ2v) is 4.84. The molecule has 0 saturated heterocycles. The molecule has 0 radical (unpaired) electrons. The average molecular weight is 283 g/mol. The molecule has 3 aromatic rings. The standard InChI is InChI=1S/C16H17N3O2/c1-2-7-21-13-8-12(9-17-10-13)16(20)14-11-19-6-4-3-5-15(19)18-14/h3-6,8-11,16,20H,2,7H2,1H3.